The van der Waals surface area contributed by atoms with Gasteiger partial charge in [-0.1, -0.05) is 42.5 Å². The quantitative estimate of drug-likeness (QED) is 0.347. The number of urea groups is 1. The standard InChI is InChI=1S/C29H31N3O7/c1-37-25-12-11-23(16-27(25)39-19-20-7-4-3-5-8-20)32-14-6-13-31(29(32)36)18-22-10-9-21(15-26(22)38-2)24(33)17-30-28(34)35/h3-5,7-12,15-16,30H,6,13-14,17-19H2,1-2H3,(H,34,35). The van der Waals surface area contributed by atoms with E-state index in [0.717, 1.165) is 17.5 Å². The van der Waals surface area contributed by atoms with Gasteiger partial charge >= 0.3 is 12.1 Å². The van der Waals surface area contributed by atoms with Crippen molar-refractivity contribution in [1.29, 1.82) is 0 Å². The summed E-state index contributed by atoms with van der Waals surface area (Å²) in [6.45, 7) is 1.44. The van der Waals surface area contributed by atoms with E-state index < -0.39 is 6.09 Å². The Morgan fingerprint density at radius 2 is 1.69 bits per heavy atom. The van der Waals surface area contributed by atoms with E-state index in [4.69, 9.17) is 19.3 Å². The van der Waals surface area contributed by atoms with Gasteiger partial charge < -0.3 is 29.5 Å². The summed E-state index contributed by atoms with van der Waals surface area (Å²) in [4.78, 5) is 39.9. The molecule has 1 heterocycles. The van der Waals surface area contributed by atoms with Crippen LogP contribution in [0.25, 0.3) is 0 Å². The normalized spacial score (nSPS) is 13.1. The monoisotopic (exact) mass is 533 g/mol. The van der Waals surface area contributed by atoms with Crippen molar-refractivity contribution < 1.29 is 33.7 Å². The van der Waals surface area contributed by atoms with Crippen molar-refractivity contribution in [2.24, 2.45) is 0 Å². The van der Waals surface area contributed by atoms with Crippen LogP contribution in [0.5, 0.6) is 17.2 Å². The van der Waals surface area contributed by atoms with E-state index >= 15 is 0 Å². The first-order valence-corrected chi connectivity index (χ1v) is 12.5. The highest BCUT2D eigenvalue weighted by molar-refractivity contribution is 5.99. The summed E-state index contributed by atoms with van der Waals surface area (Å²) in [5.41, 5.74) is 2.77. The number of carboxylic acid groups (broad SMARTS) is 1. The first-order valence-electron chi connectivity index (χ1n) is 12.5. The number of Topliss-reactive ketones (excluding diaryl/α,β-unsaturated/α-hetero) is 1. The average molecular weight is 534 g/mol. The number of carbonyl (C=O) groups is 3. The minimum atomic E-state index is -1.27. The fourth-order valence-electron chi connectivity index (χ4n) is 4.36. The molecule has 1 fully saturated rings. The van der Waals surface area contributed by atoms with Crippen molar-refractivity contribution in [1.82, 2.24) is 10.2 Å². The summed E-state index contributed by atoms with van der Waals surface area (Å²) in [5.74, 6) is 1.19. The molecule has 3 aromatic carbocycles. The lowest BCUT2D eigenvalue weighted by Crippen LogP contribution is -2.49. The summed E-state index contributed by atoms with van der Waals surface area (Å²) in [6, 6.07) is 20.0. The number of anilines is 1. The molecule has 10 nitrogen and oxygen atoms in total. The zero-order valence-corrected chi connectivity index (χ0v) is 21.9. The van der Waals surface area contributed by atoms with Crippen LogP contribution >= 0.6 is 0 Å². The van der Waals surface area contributed by atoms with Gasteiger partial charge in [0.05, 0.1) is 27.3 Å². The van der Waals surface area contributed by atoms with Gasteiger partial charge in [0.2, 0.25) is 0 Å². The van der Waals surface area contributed by atoms with Gasteiger partial charge in [0.15, 0.2) is 17.3 Å². The van der Waals surface area contributed by atoms with E-state index in [1.807, 2.05) is 42.5 Å². The molecule has 10 heteroatoms. The van der Waals surface area contributed by atoms with Crippen molar-refractivity contribution in [2.75, 3.05) is 38.8 Å². The lowest BCUT2D eigenvalue weighted by Gasteiger charge is -2.36. The Balaban J connectivity index is 1.48. The number of rotatable bonds is 11. The van der Waals surface area contributed by atoms with Crippen LogP contribution in [0.15, 0.2) is 66.7 Å². The number of hydrogen-bond donors (Lipinski definition) is 2. The fraction of sp³-hybridized carbons (Fsp3) is 0.276. The zero-order valence-electron chi connectivity index (χ0n) is 21.9. The summed E-state index contributed by atoms with van der Waals surface area (Å²) in [7, 11) is 3.06. The molecule has 0 spiro atoms. The third-order valence-electron chi connectivity index (χ3n) is 6.38. The fourth-order valence-corrected chi connectivity index (χ4v) is 4.36. The second kappa shape index (κ2) is 12.7. The topological polar surface area (TPSA) is 118 Å². The first kappa shape index (κ1) is 27.3. The number of amides is 3. The van der Waals surface area contributed by atoms with Crippen molar-refractivity contribution in [3.8, 4) is 17.2 Å². The summed E-state index contributed by atoms with van der Waals surface area (Å²) in [6.07, 6.45) is -0.510. The van der Waals surface area contributed by atoms with Crippen molar-refractivity contribution in [3.63, 3.8) is 0 Å². The summed E-state index contributed by atoms with van der Waals surface area (Å²) in [5, 5.41) is 10.8. The number of ketones is 1. The molecule has 0 bridgehead atoms. The SMILES string of the molecule is COc1cc(C(=O)CNC(=O)O)ccc1CN1CCCN(c2ccc(OC)c(OCc3ccccc3)c2)C1=O. The van der Waals surface area contributed by atoms with Gasteiger partial charge in [-0.15, -0.1) is 0 Å². The molecule has 0 saturated carbocycles. The molecular formula is C29H31N3O7. The lowest BCUT2D eigenvalue weighted by atomic mass is 10.1. The molecule has 1 aliphatic heterocycles. The molecule has 0 atom stereocenters. The number of nitrogens with zero attached hydrogens (tertiary/aromatic N) is 2. The highest BCUT2D eigenvalue weighted by Gasteiger charge is 2.28. The van der Waals surface area contributed by atoms with Crippen molar-refractivity contribution in [3.05, 3.63) is 83.4 Å². The zero-order chi connectivity index (χ0) is 27.8. The second-order valence-electron chi connectivity index (χ2n) is 8.93. The van der Waals surface area contributed by atoms with Gasteiger partial charge in [-0.25, -0.2) is 9.59 Å². The van der Waals surface area contributed by atoms with Crippen molar-refractivity contribution >= 4 is 23.6 Å². The Morgan fingerprint density at radius 1 is 0.923 bits per heavy atom. The largest absolute Gasteiger partial charge is 0.496 e. The van der Waals surface area contributed by atoms with Gasteiger partial charge in [0.25, 0.3) is 0 Å². The maximum Gasteiger partial charge on any atom is 0.405 e. The third kappa shape index (κ3) is 6.78. The van der Waals surface area contributed by atoms with Gasteiger partial charge in [-0.2, -0.15) is 0 Å². The lowest BCUT2D eigenvalue weighted by molar-refractivity contribution is 0.0986. The first-order chi connectivity index (χ1) is 18.9. The number of carbonyl (C=O) groups excluding carboxylic acids is 2. The molecule has 204 valence electrons. The molecule has 4 rings (SSSR count). The van der Waals surface area contributed by atoms with Crippen LogP contribution in [0.1, 0.15) is 27.9 Å². The van der Waals surface area contributed by atoms with Crippen LogP contribution in [-0.4, -0.2) is 61.8 Å². The van der Waals surface area contributed by atoms with Gasteiger partial charge in [-0.3, -0.25) is 9.69 Å². The molecule has 0 aliphatic carbocycles. The van der Waals surface area contributed by atoms with E-state index in [1.54, 1.807) is 41.2 Å². The predicted molar refractivity (Wildman–Crippen MR) is 145 cm³/mol. The Hall–Kier alpha value is -4.73. The van der Waals surface area contributed by atoms with Crippen LogP contribution in [0.2, 0.25) is 0 Å². The van der Waals surface area contributed by atoms with Crippen LogP contribution in [0, 0.1) is 0 Å². The molecule has 1 saturated heterocycles. The van der Waals surface area contributed by atoms with Crippen LogP contribution in [0.3, 0.4) is 0 Å². The third-order valence-corrected chi connectivity index (χ3v) is 6.38. The minimum Gasteiger partial charge on any atom is -0.496 e. The van der Waals surface area contributed by atoms with Crippen molar-refractivity contribution in [2.45, 2.75) is 19.6 Å². The van der Waals surface area contributed by atoms with Gasteiger partial charge in [0, 0.05) is 36.0 Å². The Labute approximate surface area is 226 Å². The smallest absolute Gasteiger partial charge is 0.405 e. The van der Waals surface area contributed by atoms with Gasteiger partial charge in [0.1, 0.15) is 12.4 Å². The molecule has 0 aromatic heterocycles. The second-order valence-corrected chi connectivity index (χ2v) is 8.93. The number of methoxy groups -OCH3 is 2. The Bertz CT molecular complexity index is 1330. The van der Waals surface area contributed by atoms with E-state index in [9.17, 15) is 14.4 Å². The highest BCUT2D eigenvalue weighted by Crippen LogP contribution is 2.34. The predicted octanol–water partition coefficient (Wildman–Crippen LogP) is 4.57. The number of hydrogen-bond acceptors (Lipinski definition) is 6. The molecule has 39 heavy (non-hydrogen) atoms. The molecule has 3 amide bonds. The number of ether oxygens (including phenoxy) is 3. The van der Waals surface area contributed by atoms with Crippen LogP contribution in [-0.2, 0) is 13.2 Å². The van der Waals surface area contributed by atoms with Gasteiger partial charge in [-0.05, 0) is 30.2 Å². The molecular weight excluding hydrogens is 502 g/mol. The maximum absolute atomic E-state index is 13.5. The van der Waals surface area contributed by atoms with Crippen LogP contribution in [0.4, 0.5) is 15.3 Å². The molecule has 0 radical (unpaired) electrons. The summed E-state index contributed by atoms with van der Waals surface area (Å²) < 4.78 is 17.0. The van der Waals surface area contributed by atoms with E-state index in [0.29, 0.717) is 48.2 Å². The minimum absolute atomic E-state index is 0.159. The Kier molecular flexibility index (Phi) is 8.88. The number of benzene rings is 3. The number of nitrogens with one attached hydrogen (secondary N) is 1. The molecule has 1 aliphatic rings. The maximum atomic E-state index is 13.5. The van der Waals surface area contributed by atoms with E-state index in [2.05, 4.69) is 5.32 Å². The summed E-state index contributed by atoms with van der Waals surface area (Å²) >= 11 is 0. The van der Waals surface area contributed by atoms with Crippen LogP contribution < -0.4 is 24.4 Å². The molecule has 3 aromatic rings. The Morgan fingerprint density at radius 3 is 2.41 bits per heavy atom. The van der Waals surface area contributed by atoms with E-state index in [-0.39, 0.29) is 24.9 Å². The average Bonchev–Trinajstić information content (AvgIpc) is 2.96. The molecule has 0 unspecified atom stereocenters. The highest BCUT2D eigenvalue weighted by atomic mass is 16.5. The van der Waals surface area contributed by atoms with E-state index in [1.165, 1.54) is 7.11 Å². The molecule has 2 N–H and O–H groups in total.